The summed E-state index contributed by atoms with van der Waals surface area (Å²) in [5.41, 5.74) is 0.670. The number of carbonyl (C=O) groups excluding carboxylic acids is 1. The predicted octanol–water partition coefficient (Wildman–Crippen LogP) is 8.42. The molecule has 0 aliphatic rings. The van der Waals surface area contributed by atoms with Crippen molar-refractivity contribution in [2.24, 2.45) is 0 Å². The maximum atomic E-state index is 12.6. The first-order valence-corrected chi connectivity index (χ1v) is 11.3. The summed E-state index contributed by atoms with van der Waals surface area (Å²) in [4.78, 5) is 17.5. The van der Waals surface area contributed by atoms with E-state index in [4.69, 9.17) is 23.2 Å². The number of benzene rings is 3. The van der Waals surface area contributed by atoms with E-state index in [1.165, 1.54) is 35.2 Å². The fourth-order valence-corrected chi connectivity index (χ4v) is 5.18. The third kappa shape index (κ3) is 5.47. The summed E-state index contributed by atoms with van der Waals surface area (Å²) in [5, 5.41) is 6.11. The van der Waals surface area contributed by atoms with Crippen molar-refractivity contribution < 1.29 is 18.0 Å². The quantitative estimate of drug-likeness (QED) is 0.288. The predicted molar refractivity (Wildman–Crippen MR) is 124 cm³/mol. The number of nitrogens with zero attached hydrogens (tertiary/aromatic N) is 1. The molecule has 4 aromatic rings. The minimum absolute atomic E-state index is 0.227. The SMILES string of the molecule is O=C(Nc1ccc(C(F)(F)F)cc1)Nc1ccc(Sc2nc3cc(Cl)ccc3s2)c(Cl)c1. The first kappa shape index (κ1) is 22.7. The number of anilines is 2. The first-order chi connectivity index (χ1) is 15.2. The monoisotopic (exact) mass is 513 g/mol. The van der Waals surface area contributed by atoms with E-state index in [2.05, 4.69) is 15.6 Å². The van der Waals surface area contributed by atoms with E-state index in [1.807, 2.05) is 6.07 Å². The van der Waals surface area contributed by atoms with Crippen molar-refractivity contribution in [1.82, 2.24) is 4.98 Å². The first-order valence-electron chi connectivity index (χ1n) is 8.96. The van der Waals surface area contributed by atoms with E-state index in [9.17, 15) is 18.0 Å². The summed E-state index contributed by atoms with van der Waals surface area (Å²) in [5.74, 6) is 0. The van der Waals surface area contributed by atoms with Crippen molar-refractivity contribution in [3.8, 4) is 0 Å². The fraction of sp³-hybridized carbons (Fsp3) is 0.0476. The van der Waals surface area contributed by atoms with Gasteiger partial charge in [0.2, 0.25) is 0 Å². The molecule has 0 unspecified atom stereocenters. The molecule has 2 N–H and O–H groups in total. The highest BCUT2D eigenvalue weighted by Gasteiger charge is 2.30. The molecule has 0 saturated carbocycles. The van der Waals surface area contributed by atoms with Crippen molar-refractivity contribution in [3.63, 3.8) is 0 Å². The average Bonchev–Trinajstić information content (AvgIpc) is 3.11. The highest BCUT2D eigenvalue weighted by molar-refractivity contribution is 8.01. The molecule has 0 atom stereocenters. The number of fused-ring (bicyclic) bond motifs is 1. The maximum Gasteiger partial charge on any atom is 0.416 e. The van der Waals surface area contributed by atoms with Crippen molar-refractivity contribution in [2.45, 2.75) is 15.4 Å². The van der Waals surface area contributed by atoms with E-state index >= 15 is 0 Å². The van der Waals surface area contributed by atoms with Crippen molar-refractivity contribution in [2.75, 3.05) is 10.6 Å². The second-order valence-corrected chi connectivity index (χ2v) is 9.66. The summed E-state index contributed by atoms with van der Waals surface area (Å²) >= 11 is 15.3. The van der Waals surface area contributed by atoms with Crippen LogP contribution in [-0.4, -0.2) is 11.0 Å². The second kappa shape index (κ2) is 9.19. The minimum Gasteiger partial charge on any atom is -0.308 e. The number of halogens is 5. The Kier molecular flexibility index (Phi) is 6.52. The minimum atomic E-state index is -4.43. The number of amides is 2. The summed E-state index contributed by atoms with van der Waals surface area (Å²) < 4.78 is 39.7. The van der Waals surface area contributed by atoms with Gasteiger partial charge in [0.15, 0.2) is 4.34 Å². The molecule has 4 nitrogen and oxygen atoms in total. The van der Waals surface area contributed by atoms with Crippen LogP contribution in [0.3, 0.4) is 0 Å². The van der Waals surface area contributed by atoms with Crippen LogP contribution in [0.2, 0.25) is 10.0 Å². The lowest BCUT2D eigenvalue weighted by molar-refractivity contribution is -0.137. The fourth-order valence-electron chi connectivity index (χ4n) is 2.71. The van der Waals surface area contributed by atoms with Gasteiger partial charge in [-0.25, -0.2) is 9.78 Å². The Morgan fingerprint density at radius 1 is 0.938 bits per heavy atom. The second-order valence-electron chi connectivity index (χ2n) is 6.49. The lowest BCUT2D eigenvalue weighted by atomic mass is 10.2. The molecule has 1 aromatic heterocycles. The molecule has 0 spiro atoms. The number of rotatable bonds is 4. The summed E-state index contributed by atoms with van der Waals surface area (Å²) in [7, 11) is 0. The van der Waals surface area contributed by atoms with E-state index in [0.29, 0.717) is 15.7 Å². The van der Waals surface area contributed by atoms with Gasteiger partial charge >= 0.3 is 12.2 Å². The van der Waals surface area contributed by atoms with Crippen LogP contribution in [-0.2, 0) is 6.18 Å². The van der Waals surface area contributed by atoms with E-state index in [1.54, 1.807) is 30.3 Å². The highest BCUT2D eigenvalue weighted by atomic mass is 35.5. The Morgan fingerprint density at radius 3 is 2.31 bits per heavy atom. The van der Waals surface area contributed by atoms with Gasteiger partial charge in [-0.1, -0.05) is 35.0 Å². The normalized spacial score (nSPS) is 11.5. The molecule has 0 radical (unpaired) electrons. The number of thiazole rings is 1. The zero-order valence-corrected chi connectivity index (χ0v) is 19.0. The smallest absolute Gasteiger partial charge is 0.308 e. The van der Waals surface area contributed by atoms with Gasteiger partial charge in [-0.15, -0.1) is 11.3 Å². The maximum absolute atomic E-state index is 12.6. The van der Waals surface area contributed by atoms with Crippen molar-refractivity contribution >= 4 is 73.9 Å². The Labute approximate surface area is 198 Å². The topological polar surface area (TPSA) is 54.0 Å². The average molecular weight is 514 g/mol. The molecular weight excluding hydrogens is 502 g/mol. The summed E-state index contributed by atoms with van der Waals surface area (Å²) in [6, 6.07) is 14.1. The van der Waals surface area contributed by atoms with Crippen LogP contribution in [0, 0.1) is 0 Å². The molecular formula is C21H12Cl2F3N3OS2. The van der Waals surface area contributed by atoms with Gasteiger partial charge in [-0.3, -0.25) is 0 Å². The van der Waals surface area contributed by atoms with Crippen LogP contribution in [0.1, 0.15) is 5.56 Å². The molecule has 0 aliphatic heterocycles. The number of nitrogens with one attached hydrogen (secondary N) is 2. The lowest BCUT2D eigenvalue weighted by Crippen LogP contribution is -2.19. The molecule has 0 fully saturated rings. The van der Waals surface area contributed by atoms with Gasteiger partial charge in [-0.2, -0.15) is 13.2 Å². The van der Waals surface area contributed by atoms with Gasteiger partial charge in [0.05, 0.1) is 20.8 Å². The third-order valence-corrected chi connectivity index (χ3v) is 7.02. The summed E-state index contributed by atoms with van der Waals surface area (Å²) in [6.07, 6.45) is -4.43. The number of carbonyl (C=O) groups is 1. The molecule has 2 amide bonds. The molecule has 32 heavy (non-hydrogen) atoms. The molecule has 0 bridgehead atoms. The standard InChI is InChI=1S/C21H12Cl2F3N3OS2/c22-12-3-7-18-16(9-12)29-20(32-18)31-17-8-6-14(10-15(17)23)28-19(30)27-13-4-1-11(2-5-13)21(24,25)26/h1-10H,(H2,27,28,30). The molecule has 11 heteroatoms. The van der Waals surface area contributed by atoms with Gasteiger partial charge in [-0.05, 0) is 60.7 Å². The zero-order valence-electron chi connectivity index (χ0n) is 15.8. The number of hydrogen-bond donors (Lipinski definition) is 2. The molecule has 0 saturated heterocycles. The highest BCUT2D eigenvalue weighted by Crippen LogP contribution is 2.39. The van der Waals surface area contributed by atoms with Crippen LogP contribution in [0.4, 0.5) is 29.3 Å². The zero-order chi connectivity index (χ0) is 22.9. The van der Waals surface area contributed by atoms with Crippen LogP contribution in [0.25, 0.3) is 10.2 Å². The van der Waals surface area contributed by atoms with E-state index < -0.39 is 17.8 Å². The van der Waals surface area contributed by atoms with Crippen molar-refractivity contribution in [1.29, 1.82) is 0 Å². The number of hydrogen-bond acceptors (Lipinski definition) is 4. The Hall–Kier alpha value is -2.46. The van der Waals surface area contributed by atoms with Gasteiger partial charge in [0.25, 0.3) is 0 Å². The Balaban J connectivity index is 1.40. The van der Waals surface area contributed by atoms with Crippen LogP contribution in [0.15, 0.2) is 69.9 Å². The third-order valence-electron chi connectivity index (χ3n) is 4.19. The molecule has 4 rings (SSSR count). The van der Waals surface area contributed by atoms with Gasteiger partial charge in [0, 0.05) is 21.3 Å². The Morgan fingerprint density at radius 2 is 1.62 bits per heavy atom. The molecule has 0 aliphatic carbocycles. The lowest BCUT2D eigenvalue weighted by Gasteiger charge is -2.11. The van der Waals surface area contributed by atoms with Crippen LogP contribution < -0.4 is 10.6 Å². The number of urea groups is 1. The van der Waals surface area contributed by atoms with Gasteiger partial charge in [0.1, 0.15) is 0 Å². The van der Waals surface area contributed by atoms with E-state index in [-0.39, 0.29) is 5.69 Å². The van der Waals surface area contributed by atoms with Gasteiger partial charge < -0.3 is 10.6 Å². The van der Waals surface area contributed by atoms with E-state index in [0.717, 1.165) is 31.6 Å². The Bertz CT molecular complexity index is 1290. The largest absolute Gasteiger partial charge is 0.416 e. The summed E-state index contributed by atoms with van der Waals surface area (Å²) in [6.45, 7) is 0. The van der Waals surface area contributed by atoms with Crippen LogP contribution in [0.5, 0.6) is 0 Å². The molecule has 164 valence electrons. The van der Waals surface area contributed by atoms with Crippen molar-refractivity contribution in [3.05, 3.63) is 76.3 Å². The van der Waals surface area contributed by atoms with Crippen LogP contribution >= 0.6 is 46.3 Å². The number of alkyl halides is 3. The molecule has 3 aromatic carbocycles. The molecule has 1 heterocycles. The number of aromatic nitrogens is 1.